The average molecular weight is 379 g/mol. The molecule has 5 nitrogen and oxygen atoms in total. The zero-order chi connectivity index (χ0) is 19.1. The monoisotopic (exact) mass is 379 g/mol. The number of amides is 1. The molecule has 1 aliphatic rings. The largest absolute Gasteiger partial charge is 0.508 e. The highest BCUT2D eigenvalue weighted by atomic mass is 32.2. The molecular formula is C21H21N3O2S. The maximum Gasteiger partial charge on any atom is 0.238 e. The number of nitrogens with zero attached hydrogens (tertiary/aromatic N) is 2. The first kappa shape index (κ1) is 17.7. The zero-order valence-electron chi connectivity index (χ0n) is 15.4. The number of hydrogen-bond donors (Lipinski definition) is 2. The summed E-state index contributed by atoms with van der Waals surface area (Å²) in [5.41, 5.74) is 5.00. The Balaban J connectivity index is 1.89. The maximum absolute atomic E-state index is 12.6. The van der Waals surface area contributed by atoms with Crippen molar-refractivity contribution in [1.29, 1.82) is 0 Å². The number of aromatic hydroxyl groups is 1. The number of anilines is 1. The summed E-state index contributed by atoms with van der Waals surface area (Å²) in [5.74, 6) is 0.916. The lowest BCUT2D eigenvalue weighted by Gasteiger charge is -2.17. The van der Waals surface area contributed by atoms with Crippen LogP contribution in [0.25, 0.3) is 5.69 Å². The molecule has 2 N–H and O–H groups in total. The Kier molecular flexibility index (Phi) is 4.44. The minimum absolute atomic E-state index is 0.0317. The molecule has 2 heterocycles. The number of fused-ring (bicyclic) bond motifs is 1. The van der Waals surface area contributed by atoms with Crippen molar-refractivity contribution >= 4 is 23.5 Å². The molecule has 0 saturated heterocycles. The Morgan fingerprint density at radius 3 is 2.41 bits per heavy atom. The first-order valence-electron chi connectivity index (χ1n) is 8.86. The number of thioether (sulfide) groups is 1. The molecule has 0 aliphatic carbocycles. The molecular weight excluding hydrogens is 358 g/mol. The standard InChI is InChI=1S/C21H21N3O2S/c1-12-4-8-16(9-5-12)24-20-18(13(2)23-24)19(27-14(3)21(26)22-20)15-6-10-17(25)11-7-15/h4-11,14,19,25H,1-3H3,(H,22,26)/t14-,19-/m1/s1. The van der Waals surface area contributed by atoms with Crippen molar-refractivity contribution in [1.82, 2.24) is 9.78 Å². The van der Waals surface area contributed by atoms with Crippen molar-refractivity contribution in [2.24, 2.45) is 0 Å². The lowest BCUT2D eigenvalue weighted by molar-refractivity contribution is -0.115. The van der Waals surface area contributed by atoms with Gasteiger partial charge in [0, 0.05) is 5.56 Å². The molecule has 3 aromatic rings. The van der Waals surface area contributed by atoms with Crippen LogP contribution in [0.3, 0.4) is 0 Å². The molecule has 0 unspecified atom stereocenters. The minimum Gasteiger partial charge on any atom is -0.508 e. The molecule has 1 amide bonds. The van der Waals surface area contributed by atoms with E-state index in [0.717, 1.165) is 28.3 Å². The van der Waals surface area contributed by atoms with Crippen LogP contribution in [0.2, 0.25) is 0 Å². The van der Waals surface area contributed by atoms with Crippen LogP contribution >= 0.6 is 11.8 Å². The van der Waals surface area contributed by atoms with E-state index in [9.17, 15) is 9.90 Å². The van der Waals surface area contributed by atoms with Gasteiger partial charge < -0.3 is 10.4 Å². The van der Waals surface area contributed by atoms with E-state index in [1.54, 1.807) is 23.9 Å². The smallest absolute Gasteiger partial charge is 0.238 e. The molecule has 2 atom stereocenters. The molecule has 4 rings (SSSR count). The molecule has 2 aromatic carbocycles. The average Bonchev–Trinajstić information content (AvgIpc) is 2.89. The second-order valence-electron chi connectivity index (χ2n) is 6.83. The van der Waals surface area contributed by atoms with E-state index in [1.807, 2.05) is 61.9 Å². The van der Waals surface area contributed by atoms with Gasteiger partial charge in [0.05, 0.1) is 21.9 Å². The topological polar surface area (TPSA) is 67.2 Å². The predicted molar refractivity (Wildman–Crippen MR) is 109 cm³/mol. The van der Waals surface area contributed by atoms with E-state index in [1.165, 1.54) is 5.56 Å². The number of carbonyl (C=O) groups excluding carboxylic acids is 1. The van der Waals surface area contributed by atoms with Crippen LogP contribution in [0.4, 0.5) is 5.82 Å². The SMILES string of the molecule is Cc1ccc(-n2nc(C)c3c2NC(=O)[C@@H](C)S[C@@H]3c2ccc(O)cc2)cc1. The molecule has 0 spiro atoms. The van der Waals surface area contributed by atoms with Gasteiger partial charge in [0.25, 0.3) is 0 Å². The molecule has 1 aliphatic heterocycles. The predicted octanol–water partition coefficient (Wildman–Crippen LogP) is 4.36. The van der Waals surface area contributed by atoms with Crippen LogP contribution in [0.1, 0.15) is 34.6 Å². The van der Waals surface area contributed by atoms with Gasteiger partial charge in [0.1, 0.15) is 11.6 Å². The fourth-order valence-corrected chi connectivity index (χ4v) is 4.62. The quantitative estimate of drug-likeness (QED) is 0.694. The third-order valence-electron chi connectivity index (χ3n) is 4.79. The Hall–Kier alpha value is -2.73. The summed E-state index contributed by atoms with van der Waals surface area (Å²) in [5, 5.41) is 17.2. The second-order valence-corrected chi connectivity index (χ2v) is 8.28. The van der Waals surface area contributed by atoms with E-state index in [4.69, 9.17) is 5.10 Å². The number of phenols is 1. The zero-order valence-corrected chi connectivity index (χ0v) is 16.2. The summed E-state index contributed by atoms with van der Waals surface area (Å²) in [6, 6.07) is 15.2. The summed E-state index contributed by atoms with van der Waals surface area (Å²) in [7, 11) is 0. The third-order valence-corrected chi connectivity index (χ3v) is 6.20. The fourth-order valence-electron chi connectivity index (χ4n) is 3.29. The van der Waals surface area contributed by atoms with E-state index in [-0.39, 0.29) is 22.2 Å². The third kappa shape index (κ3) is 3.21. The van der Waals surface area contributed by atoms with E-state index < -0.39 is 0 Å². The fraction of sp³-hybridized carbons (Fsp3) is 0.238. The summed E-state index contributed by atoms with van der Waals surface area (Å²) in [6.07, 6.45) is 0. The van der Waals surface area contributed by atoms with Crippen molar-refractivity contribution in [2.45, 2.75) is 31.3 Å². The molecule has 138 valence electrons. The minimum atomic E-state index is -0.206. The van der Waals surface area contributed by atoms with Crippen LogP contribution in [-0.2, 0) is 4.79 Å². The van der Waals surface area contributed by atoms with Crippen molar-refractivity contribution in [3.8, 4) is 11.4 Å². The number of carbonyl (C=O) groups is 1. The normalized spacial score (nSPS) is 19.3. The highest BCUT2D eigenvalue weighted by molar-refractivity contribution is 8.01. The Labute approximate surface area is 162 Å². The van der Waals surface area contributed by atoms with Gasteiger partial charge in [-0.3, -0.25) is 4.79 Å². The summed E-state index contributed by atoms with van der Waals surface area (Å²) < 4.78 is 1.81. The van der Waals surface area contributed by atoms with Crippen LogP contribution in [-0.4, -0.2) is 26.0 Å². The Bertz CT molecular complexity index is 994. The highest BCUT2D eigenvalue weighted by Crippen LogP contribution is 2.46. The Morgan fingerprint density at radius 1 is 1.07 bits per heavy atom. The highest BCUT2D eigenvalue weighted by Gasteiger charge is 2.33. The molecule has 27 heavy (non-hydrogen) atoms. The number of benzene rings is 2. The van der Waals surface area contributed by atoms with Gasteiger partial charge in [-0.15, -0.1) is 11.8 Å². The van der Waals surface area contributed by atoms with Gasteiger partial charge in [-0.05, 0) is 50.6 Å². The first-order chi connectivity index (χ1) is 12.9. The van der Waals surface area contributed by atoms with Crippen molar-refractivity contribution < 1.29 is 9.90 Å². The summed E-state index contributed by atoms with van der Waals surface area (Å²) in [4.78, 5) is 12.6. The van der Waals surface area contributed by atoms with Crippen LogP contribution in [0.15, 0.2) is 48.5 Å². The summed E-state index contributed by atoms with van der Waals surface area (Å²) in [6.45, 7) is 5.93. The molecule has 0 bridgehead atoms. The van der Waals surface area contributed by atoms with Crippen LogP contribution < -0.4 is 5.32 Å². The van der Waals surface area contributed by atoms with Gasteiger partial charge in [-0.25, -0.2) is 4.68 Å². The van der Waals surface area contributed by atoms with E-state index in [2.05, 4.69) is 5.32 Å². The molecule has 0 saturated carbocycles. The second kappa shape index (κ2) is 6.78. The van der Waals surface area contributed by atoms with E-state index in [0.29, 0.717) is 0 Å². The number of nitrogens with one attached hydrogen (secondary N) is 1. The van der Waals surface area contributed by atoms with Gasteiger partial charge >= 0.3 is 0 Å². The number of hydrogen-bond acceptors (Lipinski definition) is 4. The van der Waals surface area contributed by atoms with Crippen molar-refractivity contribution in [3.63, 3.8) is 0 Å². The number of rotatable bonds is 2. The molecule has 0 radical (unpaired) electrons. The first-order valence-corrected chi connectivity index (χ1v) is 9.80. The number of aryl methyl sites for hydroxylation is 2. The van der Waals surface area contributed by atoms with E-state index >= 15 is 0 Å². The molecule has 0 fully saturated rings. The lowest BCUT2D eigenvalue weighted by Crippen LogP contribution is -2.22. The van der Waals surface area contributed by atoms with Gasteiger partial charge in [0.15, 0.2) is 0 Å². The van der Waals surface area contributed by atoms with Crippen molar-refractivity contribution in [3.05, 3.63) is 70.9 Å². The van der Waals surface area contributed by atoms with Crippen LogP contribution in [0, 0.1) is 13.8 Å². The summed E-state index contributed by atoms with van der Waals surface area (Å²) >= 11 is 1.60. The lowest BCUT2D eigenvalue weighted by atomic mass is 10.0. The van der Waals surface area contributed by atoms with Gasteiger partial charge in [0.2, 0.25) is 5.91 Å². The maximum atomic E-state index is 12.6. The number of aromatic nitrogens is 2. The van der Waals surface area contributed by atoms with Gasteiger partial charge in [-0.1, -0.05) is 29.8 Å². The molecule has 1 aromatic heterocycles. The van der Waals surface area contributed by atoms with Crippen LogP contribution in [0.5, 0.6) is 5.75 Å². The van der Waals surface area contributed by atoms with Crippen molar-refractivity contribution in [2.75, 3.05) is 5.32 Å². The van der Waals surface area contributed by atoms with Gasteiger partial charge in [-0.2, -0.15) is 5.10 Å². The number of phenolic OH excluding ortho intramolecular Hbond substituents is 1. The molecule has 6 heteroatoms. The Morgan fingerprint density at radius 2 is 1.74 bits per heavy atom.